The lowest BCUT2D eigenvalue weighted by molar-refractivity contribution is -0.125. The van der Waals surface area contributed by atoms with E-state index >= 15 is 0 Å². The maximum absolute atomic E-state index is 12.0. The van der Waals surface area contributed by atoms with E-state index < -0.39 is 12.2 Å². The summed E-state index contributed by atoms with van der Waals surface area (Å²) in [5.41, 5.74) is 1.45. The predicted molar refractivity (Wildman–Crippen MR) is 91.3 cm³/mol. The first-order valence-corrected chi connectivity index (χ1v) is 8.00. The van der Waals surface area contributed by atoms with Crippen molar-refractivity contribution in [1.29, 1.82) is 0 Å². The van der Waals surface area contributed by atoms with Gasteiger partial charge in [-0.2, -0.15) is 0 Å². The molecule has 1 unspecified atom stereocenters. The van der Waals surface area contributed by atoms with Gasteiger partial charge in [-0.3, -0.25) is 19.5 Å². The van der Waals surface area contributed by atoms with Gasteiger partial charge in [0.1, 0.15) is 6.61 Å². The molecule has 2 heterocycles. The summed E-state index contributed by atoms with van der Waals surface area (Å²) in [6.45, 7) is 2.96. The smallest absolute Gasteiger partial charge is 0.415 e. The lowest BCUT2D eigenvalue weighted by Crippen LogP contribution is -2.41. The van der Waals surface area contributed by atoms with Gasteiger partial charge >= 0.3 is 6.09 Å². The van der Waals surface area contributed by atoms with Gasteiger partial charge in [0.25, 0.3) is 5.91 Å². The molecule has 0 spiro atoms. The van der Waals surface area contributed by atoms with E-state index in [4.69, 9.17) is 9.47 Å². The number of Topliss-reactive ketones (excluding diaryl/α,β-unsaturated/α-hetero) is 1. The Hall–Kier alpha value is -2.74. The molecule has 1 atom stereocenters. The maximum Gasteiger partial charge on any atom is 0.415 e. The summed E-state index contributed by atoms with van der Waals surface area (Å²) in [4.78, 5) is 41.9. The number of hydrogen-bond donors (Lipinski definition) is 0. The van der Waals surface area contributed by atoms with Crippen molar-refractivity contribution in [1.82, 2.24) is 0 Å². The maximum atomic E-state index is 12.0. The molecule has 25 heavy (non-hydrogen) atoms. The second-order valence-electron chi connectivity index (χ2n) is 5.84. The lowest BCUT2D eigenvalue weighted by Gasteiger charge is -2.27. The van der Waals surface area contributed by atoms with E-state index in [0.29, 0.717) is 25.4 Å². The van der Waals surface area contributed by atoms with Crippen LogP contribution in [0.25, 0.3) is 0 Å². The number of benzene rings is 1. The minimum absolute atomic E-state index is 0.0503. The Morgan fingerprint density at radius 1 is 1.24 bits per heavy atom. The van der Waals surface area contributed by atoms with Crippen LogP contribution in [0.1, 0.15) is 6.92 Å². The van der Waals surface area contributed by atoms with Crippen LogP contribution in [-0.2, 0) is 19.1 Å². The third-order valence-electron chi connectivity index (χ3n) is 3.88. The number of morpholine rings is 1. The summed E-state index contributed by atoms with van der Waals surface area (Å²) in [7, 11) is 0. The molecule has 2 fully saturated rings. The molecule has 132 valence electrons. The Bertz CT molecular complexity index is 701. The van der Waals surface area contributed by atoms with Crippen LogP contribution >= 0.6 is 0 Å². The monoisotopic (exact) mass is 345 g/mol. The number of ether oxygens (including phenoxy) is 2. The third-order valence-corrected chi connectivity index (χ3v) is 3.88. The predicted octanol–water partition coefficient (Wildman–Crippen LogP) is 1.03. The van der Waals surface area contributed by atoms with Gasteiger partial charge in [-0.1, -0.05) is 0 Å². The summed E-state index contributed by atoms with van der Waals surface area (Å²) in [5, 5.41) is 0. The molecule has 1 aromatic rings. The molecular formula is C17H19N3O5. The van der Waals surface area contributed by atoms with Gasteiger partial charge in [0.2, 0.25) is 0 Å². The normalized spacial score (nSPS) is 21.1. The number of carbonyl (C=O) groups is 3. The van der Waals surface area contributed by atoms with E-state index in [-0.39, 0.29) is 24.8 Å². The lowest BCUT2D eigenvalue weighted by atomic mass is 10.2. The van der Waals surface area contributed by atoms with Crippen LogP contribution in [0.5, 0.6) is 0 Å². The van der Waals surface area contributed by atoms with E-state index in [2.05, 4.69) is 4.99 Å². The largest absolute Gasteiger partial charge is 0.438 e. The van der Waals surface area contributed by atoms with Gasteiger partial charge in [0, 0.05) is 24.1 Å². The van der Waals surface area contributed by atoms with Crippen molar-refractivity contribution in [2.75, 3.05) is 42.6 Å². The fourth-order valence-electron chi connectivity index (χ4n) is 2.68. The molecule has 0 aliphatic carbocycles. The number of cyclic esters (lactones) is 1. The van der Waals surface area contributed by atoms with Crippen molar-refractivity contribution in [3.05, 3.63) is 24.3 Å². The van der Waals surface area contributed by atoms with Crippen LogP contribution in [0.15, 0.2) is 29.3 Å². The average Bonchev–Trinajstić information content (AvgIpc) is 2.96. The summed E-state index contributed by atoms with van der Waals surface area (Å²) in [6.07, 6.45) is 0.543. The molecule has 8 nitrogen and oxygen atoms in total. The summed E-state index contributed by atoms with van der Waals surface area (Å²) in [6, 6.07) is 7.13. The number of anilines is 2. The second kappa shape index (κ2) is 7.43. The van der Waals surface area contributed by atoms with Crippen molar-refractivity contribution < 1.29 is 23.9 Å². The molecule has 2 amide bonds. The standard InChI is InChI=1S/C17H19N3O5/c1-12(21)8-18-9-15-10-20(17(23)25-15)14-4-2-13(3-5-14)19-6-7-24-11-16(19)22/h2-5,9,15H,6-8,10-11H2,1H3. The minimum Gasteiger partial charge on any atom is -0.438 e. The molecule has 2 aliphatic heterocycles. The highest BCUT2D eigenvalue weighted by Crippen LogP contribution is 2.25. The molecule has 0 bridgehead atoms. The number of rotatable bonds is 5. The number of aliphatic imine (C=N–C) groups is 1. The zero-order valence-electron chi connectivity index (χ0n) is 13.9. The van der Waals surface area contributed by atoms with E-state index in [9.17, 15) is 14.4 Å². The van der Waals surface area contributed by atoms with Gasteiger partial charge in [0.05, 0.1) is 19.7 Å². The molecule has 1 aromatic carbocycles. The minimum atomic E-state index is -0.479. The SMILES string of the molecule is CC(=O)CN=CC1CN(c2ccc(N3CCOCC3=O)cc2)C(=O)O1. The van der Waals surface area contributed by atoms with Crippen molar-refractivity contribution in [3.8, 4) is 0 Å². The highest BCUT2D eigenvalue weighted by Gasteiger charge is 2.31. The quantitative estimate of drug-likeness (QED) is 0.744. The van der Waals surface area contributed by atoms with Crippen molar-refractivity contribution in [3.63, 3.8) is 0 Å². The Labute approximate surface area is 145 Å². The highest BCUT2D eigenvalue weighted by molar-refractivity contribution is 5.96. The van der Waals surface area contributed by atoms with Crippen LogP contribution in [0.4, 0.5) is 16.2 Å². The van der Waals surface area contributed by atoms with E-state index in [0.717, 1.165) is 5.69 Å². The number of carbonyl (C=O) groups excluding carboxylic acids is 3. The zero-order chi connectivity index (χ0) is 17.8. The van der Waals surface area contributed by atoms with Gasteiger partial charge in [-0.25, -0.2) is 4.79 Å². The van der Waals surface area contributed by atoms with Crippen LogP contribution in [-0.4, -0.2) is 63.0 Å². The van der Waals surface area contributed by atoms with E-state index in [1.807, 2.05) is 0 Å². The molecule has 0 radical (unpaired) electrons. The zero-order valence-corrected chi connectivity index (χ0v) is 13.9. The third kappa shape index (κ3) is 4.03. The second-order valence-corrected chi connectivity index (χ2v) is 5.84. The Morgan fingerprint density at radius 2 is 1.92 bits per heavy atom. The molecular weight excluding hydrogens is 326 g/mol. The van der Waals surface area contributed by atoms with Crippen molar-refractivity contribution >= 4 is 35.4 Å². The molecule has 8 heteroatoms. The van der Waals surface area contributed by atoms with Crippen molar-refractivity contribution in [2.24, 2.45) is 4.99 Å². The fourth-order valence-corrected chi connectivity index (χ4v) is 2.68. The van der Waals surface area contributed by atoms with Gasteiger partial charge in [-0.05, 0) is 31.2 Å². The van der Waals surface area contributed by atoms with Crippen LogP contribution in [0, 0.1) is 0 Å². The number of amides is 2. The molecule has 0 aromatic heterocycles. The first kappa shape index (κ1) is 17.1. The molecule has 2 aliphatic rings. The Balaban J connectivity index is 1.66. The van der Waals surface area contributed by atoms with Crippen LogP contribution < -0.4 is 9.80 Å². The fraction of sp³-hybridized carbons (Fsp3) is 0.412. The Kier molecular flexibility index (Phi) is 5.08. The number of hydrogen-bond acceptors (Lipinski definition) is 6. The first-order valence-electron chi connectivity index (χ1n) is 8.00. The summed E-state index contributed by atoms with van der Waals surface area (Å²) >= 11 is 0. The average molecular weight is 345 g/mol. The van der Waals surface area contributed by atoms with Gasteiger partial charge < -0.3 is 14.4 Å². The topological polar surface area (TPSA) is 88.5 Å². The summed E-state index contributed by atoms with van der Waals surface area (Å²) < 4.78 is 10.3. The van der Waals surface area contributed by atoms with E-state index in [1.165, 1.54) is 18.0 Å². The molecule has 0 saturated carbocycles. The Morgan fingerprint density at radius 3 is 2.56 bits per heavy atom. The number of ketones is 1. The van der Waals surface area contributed by atoms with Crippen LogP contribution in [0.3, 0.4) is 0 Å². The van der Waals surface area contributed by atoms with Crippen LogP contribution in [0.2, 0.25) is 0 Å². The first-order chi connectivity index (χ1) is 12.0. The number of nitrogens with zero attached hydrogens (tertiary/aromatic N) is 3. The summed E-state index contributed by atoms with van der Waals surface area (Å²) in [5.74, 6) is -0.132. The molecule has 2 saturated heterocycles. The molecule has 0 N–H and O–H groups in total. The van der Waals surface area contributed by atoms with Crippen molar-refractivity contribution in [2.45, 2.75) is 13.0 Å². The molecule has 3 rings (SSSR count). The van der Waals surface area contributed by atoms with Gasteiger partial charge in [0.15, 0.2) is 11.9 Å². The highest BCUT2D eigenvalue weighted by atomic mass is 16.6. The van der Waals surface area contributed by atoms with Gasteiger partial charge in [-0.15, -0.1) is 0 Å². The van der Waals surface area contributed by atoms with E-state index in [1.54, 1.807) is 29.2 Å².